The van der Waals surface area contributed by atoms with E-state index in [0.717, 1.165) is 43.2 Å². The molecule has 0 amide bonds. The fourth-order valence-corrected chi connectivity index (χ4v) is 2.69. The van der Waals surface area contributed by atoms with E-state index in [0.29, 0.717) is 5.88 Å². The minimum absolute atomic E-state index is 0.0765. The summed E-state index contributed by atoms with van der Waals surface area (Å²) in [4.78, 5) is 12.5. The van der Waals surface area contributed by atoms with Crippen molar-refractivity contribution in [3.05, 3.63) is 83.4 Å². The normalized spacial score (nSPS) is 10.5. The Hall–Kier alpha value is -1.86. The molecule has 0 radical (unpaired) electrons. The van der Waals surface area contributed by atoms with Crippen molar-refractivity contribution in [3.8, 4) is 0 Å². The Morgan fingerprint density at radius 3 is 1.87 bits per heavy atom. The van der Waals surface area contributed by atoms with Crippen LogP contribution in [0.4, 0.5) is 0 Å². The van der Waals surface area contributed by atoms with Crippen molar-refractivity contribution >= 4 is 17.4 Å². The highest BCUT2D eigenvalue weighted by Crippen LogP contribution is 2.14. The Balaban J connectivity index is 2.00. The van der Waals surface area contributed by atoms with Crippen LogP contribution in [0.5, 0.6) is 0 Å². The number of hydrogen-bond donors (Lipinski definition) is 0. The van der Waals surface area contributed by atoms with Crippen LogP contribution < -0.4 is 0 Å². The van der Waals surface area contributed by atoms with Crippen molar-refractivity contribution in [1.82, 2.24) is 0 Å². The molecule has 2 aromatic carbocycles. The molecule has 0 saturated heterocycles. The third-order valence-corrected chi connectivity index (χ3v) is 4.19. The molecule has 0 saturated carbocycles. The van der Waals surface area contributed by atoms with Crippen LogP contribution in [0.15, 0.2) is 61.2 Å². The SMILES string of the molecule is C=CCCc1ccc(C(=O)c2ccc(CCCCCl)cc2)cc1. The summed E-state index contributed by atoms with van der Waals surface area (Å²) in [7, 11) is 0. The summed E-state index contributed by atoms with van der Waals surface area (Å²) in [5, 5.41) is 0. The average Bonchev–Trinajstić information content (AvgIpc) is 2.61. The molecule has 23 heavy (non-hydrogen) atoms. The van der Waals surface area contributed by atoms with Gasteiger partial charge in [0.15, 0.2) is 5.78 Å². The molecule has 120 valence electrons. The van der Waals surface area contributed by atoms with Gasteiger partial charge in [-0.05, 0) is 43.2 Å². The molecule has 0 atom stereocenters. The van der Waals surface area contributed by atoms with Crippen LogP contribution in [0.25, 0.3) is 0 Å². The molecule has 1 nitrogen and oxygen atoms in total. The summed E-state index contributed by atoms with van der Waals surface area (Å²) in [5.74, 6) is 0.784. The van der Waals surface area contributed by atoms with Crippen molar-refractivity contribution in [1.29, 1.82) is 0 Å². The minimum Gasteiger partial charge on any atom is -0.289 e. The van der Waals surface area contributed by atoms with E-state index in [9.17, 15) is 4.79 Å². The first kappa shape index (κ1) is 17.5. The van der Waals surface area contributed by atoms with Gasteiger partial charge in [-0.1, -0.05) is 54.6 Å². The van der Waals surface area contributed by atoms with E-state index in [4.69, 9.17) is 11.6 Å². The number of carbonyl (C=O) groups is 1. The first-order chi connectivity index (χ1) is 11.2. The number of rotatable bonds is 9. The van der Waals surface area contributed by atoms with Crippen LogP contribution in [-0.2, 0) is 12.8 Å². The summed E-state index contributed by atoms with van der Waals surface area (Å²) in [6.45, 7) is 3.73. The molecule has 2 aromatic rings. The maximum absolute atomic E-state index is 12.5. The maximum Gasteiger partial charge on any atom is 0.193 e. The van der Waals surface area contributed by atoms with Crippen molar-refractivity contribution < 1.29 is 4.79 Å². The number of ketones is 1. The summed E-state index contributed by atoms with van der Waals surface area (Å²) in [5.41, 5.74) is 3.97. The molecular weight excluding hydrogens is 304 g/mol. The van der Waals surface area contributed by atoms with Crippen LogP contribution in [0, 0.1) is 0 Å². The van der Waals surface area contributed by atoms with Gasteiger partial charge >= 0.3 is 0 Å². The third kappa shape index (κ3) is 5.37. The number of halogens is 1. The molecule has 0 bridgehead atoms. The first-order valence-electron chi connectivity index (χ1n) is 8.14. The predicted octanol–water partition coefficient (Wildman–Crippen LogP) is 5.60. The minimum atomic E-state index is 0.0765. The van der Waals surface area contributed by atoms with E-state index in [1.54, 1.807) is 0 Å². The number of alkyl halides is 1. The Morgan fingerprint density at radius 2 is 1.39 bits per heavy atom. The molecule has 0 unspecified atom stereocenters. The Morgan fingerprint density at radius 1 is 0.870 bits per heavy atom. The van der Waals surface area contributed by atoms with Gasteiger partial charge in [0.1, 0.15) is 0 Å². The highest BCUT2D eigenvalue weighted by Gasteiger charge is 2.08. The van der Waals surface area contributed by atoms with Crippen molar-refractivity contribution in [2.45, 2.75) is 32.1 Å². The molecule has 0 aliphatic rings. The molecule has 0 spiro atoms. The molecule has 0 aliphatic carbocycles. The topological polar surface area (TPSA) is 17.1 Å². The fraction of sp³-hybridized carbons (Fsp3) is 0.286. The zero-order valence-corrected chi connectivity index (χ0v) is 14.2. The number of unbranched alkanes of at least 4 members (excludes halogenated alkanes) is 1. The third-order valence-electron chi connectivity index (χ3n) is 3.92. The van der Waals surface area contributed by atoms with Crippen LogP contribution in [0.1, 0.15) is 46.3 Å². The molecule has 0 fully saturated rings. The highest BCUT2D eigenvalue weighted by atomic mass is 35.5. The maximum atomic E-state index is 12.5. The number of allylic oxidation sites excluding steroid dienone is 1. The standard InChI is InChI=1S/C21H23ClO/c1-2-3-6-17-8-12-19(13-9-17)21(23)20-14-10-18(11-15-20)7-4-5-16-22/h2,8-15H,1,3-7,16H2. The molecular formula is C21H23ClO. The van der Waals surface area contributed by atoms with E-state index in [1.165, 1.54) is 11.1 Å². The number of aryl methyl sites for hydroxylation is 2. The second-order valence-electron chi connectivity index (χ2n) is 5.70. The van der Waals surface area contributed by atoms with E-state index in [2.05, 4.69) is 6.58 Å². The van der Waals surface area contributed by atoms with Gasteiger partial charge in [0.25, 0.3) is 0 Å². The van der Waals surface area contributed by atoms with Gasteiger partial charge in [0.2, 0.25) is 0 Å². The highest BCUT2D eigenvalue weighted by molar-refractivity contribution is 6.17. The van der Waals surface area contributed by atoms with Gasteiger partial charge in [-0.25, -0.2) is 0 Å². The molecule has 0 N–H and O–H groups in total. The lowest BCUT2D eigenvalue weighted by Crippen LogP contribution is -2.01. The first-order valence-corrected chi connectivity index (χ1v) is 8.67. The summed E-state index contributed by atoms with van der Waals surface area (Å²) < 4.78 is 0. The van der Waals surface area contributed by atoms with Gasteiger partial charge in [0, 0.05) is 17.0 Å². The largest absolute Gasteiger partial charge is 0.289 e. The second kappa shape index (κ2) is 9.32. The van der Waals surface area contributed by atoms with Gasteiger partial charge in [-0.3, -0.25) is 4.79 Å². The van der Waals surface area contributed by atoms with Crippen LogP contribution >= 0.6 is 11.6 Å². The van der Waals surface area contributed by atoms with Crippen molar-refractivity contribution in [2.24, 2.45) is 0 Å². The van der Waals surface area contributed by atoms with Crippen molar-refractivity contribution in [2.75, 3.05) is 5.88 Å². The number of hydrogen-bond acceptors (Lipinski definition) is 1. The molecule has 2 rings (SSSR count). The lowest BCUT2D eigenvalue weighted by Gasteiger charge is -2.05. The van der Waals surface area contributed by atoms with Crippen LogP contribution in [0.3, 0.4) is 0 Å². The van der Waals surface area contributed by atoms with E-state index in [1.807, 2.05) is 54.6 Å². The van der Waals surface area contributed by atoms with Crippen LogP contribution in [0.2, 0.25) is 0 Å². The monoisotopic (exact) mass is 326 g/mol. The van der Waals surface area contributed by atoms with E-state index < -0.39 is 0 Å². The Kier molecular flexibility index (Phi) is 7.09. The lowest BCUT2D eigenvalue weighted by atomic mass is 9.99. The number of carbonyl (C=O) groups excluding carboxylic acids is 1. The summed E-state index contributed by atoms with van der Waals surface area (Å²) in [6, 6.07) is 15.8. The second-order valence-corrected chi connectivity index (χ2v) is 6.07. The molecule has 2 heteroatoms. The average molecular weight is 327 g/mol. The summed E-state index contributed by atoms with van der Waals surface area (Å²) in [6.07, 6.45) is 6.96. The van der Waals surface area contributed by atoms with Gasteiger partial charge in [0.05, 0.1) is 0 Å². The molecule has 0 heterocycles. The quantitative estimate of drug-likeness (QED) is 0.254. The van der Waals surface area contributed by atoms with Crippen LogP contribution in [-0.4, -0.2) is 11.7 Å². The van der Waals surface area contributed by atoms with E-state index >= 15 is 0 Å². The smallest absolute Gasteiger partial charge is 0.193 e. The summed E-state index contributed by atoms with van der Waals surface area (Å²) >= 11 is 5.69. The fourth-order valence-electron chi connectivity index (χ4n) is 2.50. The number of benzene rings is 2. The molecule has 0 aromatic heterocycles. The van der Waals surface area contributed by atoms with Crippen molar-refractivity contribution in [3.63, 3.8) is 0 Å². The predicted molar refractivity (Wildman–Crippen MR) is 98.5 cm³/mol. The van der Waals surface area contributed by atoms with Gasteiger partial charge < -0.3 is 0 Å². The van der Waals surface area contributed by atoms with Gasteiger partial charge in [-0.15, -0.1) is 18.2 Å². The van der Waals surface area contributed by atoms with E-state index in [-0.39, 0.29) is 5.78 Å². The Labute approximate surface area is 144 Å². The zero-order chi connectivity index (χ0) is 16.5. The van der Waals surface area contributed by atoms with Gasteiger partial charge in [-0.2, -0.15) is 0 Å². The lowest BCUT2D eigenvalue weighted by molar-refractivity contribution is 0.103. The Bertz CT molecular complexity index is 626. The molecule has 0 aliphatic heterocycles. The zero-order valence-electron chi connectivity index (χ0n) is 13.4.